The molecular formula is C17H27N3. The lowest BCUT2D eigenvalue weighted by atomic mass is 10.2. The maximum atomic E-state index is 4.69. The van der Waals surface area contributed by atoms with Gasteiger partial charge in [-0.05, 0) is 31.7 Å². The van der Waals surface area contributed by atoms with Gasteiger partial charge in [-0.2, -0.15) is 0 Å². The van der Waals surface area contributed by atoms with Crippen LogP contribution in [0.5, 0.6) is 0 Å². The standard InChI is InChI=1S/C17H27N3/c1-4-6-10-15-20(3)17(18-5-2)19-14-13-16-11-8-7-9-12-16/h4,7-9,11-12H,1,5-6,10,13-15H2,2-3H3,(H,18,19). The Hall–Kier alpha value is -1.77. The summed E-state index contributed by atoms with van der Waals surface area (Å²) in [6, 6.07) is 10.5. The number of nitrogens with zero attached hydrogens (tertiary/aromatic N) is 2. The van der Waals surface area contributed by atoms with Gasteiger partial charge in [0, 0.05) is 26.7 Å². The van der Waals surface area contributed by atoms with Crippen LogP contribution in [-0.4, -0.2) is 37.5 Å². The first-order chi connectivity index (χ1) is 9.77. The van der Waals surface area contributed by atoms with Gasteiger partial charge in [0.2, 0.25) is 0 Å². The quantitative estimate of drug-likeness (QED) is 0.341. The summed E-state index contributed by atoms with van der Waals surface area (Å²) < 4.78 is 0. The molecule has 0 atom stereocenters. The third-order valence-corrected chi connectivity index (χ3v) is 3.10. The van der Waals surface area contributed by atoms with Crippen molar-refractivity contribution in [3.8, 4) is 0 Å². The normalized spacial score (nSPS) is 11.2. The number of allylic oxidation sites excluding steroid dienone is 1. The van der Waals surface area contributed by atoms with Crippen LogP contribution in [0.3, 0.4) is 0 Å². The second-order valence-corrected chi connectivity index (χ2v) is 4.82. The lowest BCUT2D eigenvalue weighted by Gasteiger charge is -2.21. The van der Waals surface area contributed by atoms with Crippen molar-refractivity contribution in [3.63, 3.8) is 0 Å². The van der Waals surface area contributed by atoms with Crippen LogP contribution in [-0.2, 0) is 6.42 Å². The molecule has 0 radical (unpaired) electrons. The van der Waals surface area contributed by atoms with Crippen molar-refractivity contribution >= 4 is 5.96 Å². The van der Waals surface area contributed by atoms with Crippen LogP contribution in [0.1, 0.15) is 25.3 Å². The molecule has 1 aromatic rings. The minimum Gasteiger partial charge on any atom is -0.357 e. The molecule has 0 saturated carbocycles. The number of aliphatic imine (C=N–C) groups is 1. The topological polar surface area (TPSA) is 27.6 Å². The predicted octanol–water partition coefficient (Wildman–Crippen LogP) is 3.09. The molecule has 0 aliphatic rings. The van der Waals surface area contributed by atoms with E-state index in [9.17, 15) is 0 Å². The molecule has 0 unspecified atom stereocenters. The molecule has 20 heavy (non-hydrogen) atoms. The molecule has 3 heteroatoms. The number of hydrogen-bond donors (Lipinski definition) is 1. The highest BCUT2D eigenvalue weighted by Gasteiger charge is 2.04. The zero-order chi connectivity index (χ0) is 14.6. The maximum absolute atomic E-state index is 4.69. The van der Waals surface area contributed by atoms with Gasteiger partial charge in [-0.1, -0.05) is 36.4 Å². The molecule has 0 amide bonds. The van der Waals surface area contributed by atoms with Gasteiger partial charge in [-0.25, -0.2) is 0 Å². The van der Waals surface area contributed by atoms with Gasteiger partial charge < -0.3 is 10.2 Å². The predicted molar refractivity (Wildman–Crippen MR) is 88.2 cm³/mol. The first-order valence-corrected chi connectivity index (χ1v) is 7.42. The maximum Gasteiger partial charge on any atom is 0.193 e. The summed E-state index contributed by atoms with van der Waals surface area (Å²) in [6.45, 7) is 8.58. The fourth-order valence-electron chi connectivity index (χ4n) is 1.98. The van der Waals surface area contributed by atoms with E-state index < -0.39 is 0 Å². The molecular weight excluding hydrogens is 246 g/mol. The Balaban J connectivity index is 2.46. The summed E-state index contributed by atoms with van der Waals surface area (Å²) in [6.07, 6.45) is 5.11. The molecule has 0 aliphatic heterocycles. The van der Waals surface area contributed by atoms with E-state index in [1.54, 1.807) is 0 Å². The lowest BCUT2D eigenvalue weighted by molar-refractivity contribution is 0.470. The molecule has 1 aromatic carbocycles. The third kappa shape index (κ3) is 6.41. The third-order valence-electron chi connectivity index (χ3n) is 3.10. The van der Waals surface area contributed by atoms with E-state index >= 15 is 0 Å². The highest BCUT2D eigenvalue weighted by Crippen LogP contribution is 2.00. The van der Waals surface area contributed by atoms with Gasteiger partial charge in [0.25, 0.3) is 0 Å². The second-order valence-electron chi connectivity index (χ2n) is 4.82. The monoisotopic (exact) mass is 273 g/mol. The molecule has 0 heterocycles. The Morgan fingerprint density at radius 1 is 1.35 bits per heavy atom. The molecule has 0 bridgehead atoms. The van der Waals surface area contributed by atoms with Crippen LogP contribution in [0.15, 0.2) is 48.0 Å². The Morgan fingerprint density at radius 3 is 2.75 bits per heavy atom. The van der Waals surface area contributed by atoms with Crippen molar-refractivity contribution in [1.29, 1.82) is 0 Å². The summed E-state index contributed by atoms with van der Waals surface area (Å²) in [5.41, 5.74) is 1.33. The fourth-order valence-corrected chi connectivity index (χ4v) is 1.98. The Labute approximate surface area is 123 Å². The van der Waals surface area contributed by atoms with Gasteiger partial charge >= 0.3 is 0 Å². The van der Waals surface area contributed by atoms with E-state index in [0.29, 0.717) is 0 Å². The van der Waals surface area contributed by atoms with Gasteiger partial charge in [0.05, 0.1) is 0 Å². The highest BCUT2D eigenvalue weighted by atomic mass is 15.3. The number of nitrogens with one attached hydrogen (secondary N) is 1. The van der Waals surface area contributed by atoms with Crippen LogP contribution >= 0.6 is 0 Å². The van der Waals surface area contributed by atoms with Crippen molar-refractivity contribution in [2.45, 2.75) is 26.2 Å². The van der Waals surface area contributed by atoms with E-state index in [-0.39, 0.29) is 0 Å². The zero-order valence-corrected chi connectivity index (χ0v) is 12.8. The highest BCUT2D eigenvalue weighted by molar-refractivity contribution is 5.79. The molecule has 0 aromatic heterocycles. The van der Waals surface area contributed by atoms with Crippen LogP contribution in [0.2, 0.25) is 0 Å². The van der Waals surface area contributed by atoms with Crippen molar-refractivity contribution in [1.82, 2.24) is 10.2 Å². The lowest BCUT2D eigenvalue weighted by Crippen LogP contribution is -2.39. The molecule has 0 spiro atoms. The van der Waals surface area contributed by atoms with Gasteiger partial charge in [-0.3, -0.25) is 4.99 Å². The minimum atomic E-state index is 0.818. The van der Waals surface area contributed by atoms with E-state index in [2.05, 4.69) is 55.0 Å². The van der Waals surface area contributed by atoms with Crippen LogP contribution in [0.4, 0.5) is 0 Å². The Bertz CT molecular complexity index is 398. The summed E-state index contributed by atoms with van der Waals surface area (Å²) in [4.78, 5) is 6.89. The molecule has 110 valence electrons. The number of benzene rings is 1. The summed E-state index contributed by atoms with van der Waals surface area (Å²) in [5.74, 6) is 0.993. The van der Waals surface area contributed by atoms with Crippen molar-refractivity contribution in [3.05, 3.63) is 48.6 Å². The van der Waals surface area contributed by atoms with Crippen LogP contribution < -0.4 is 5.32 Å². The Morgan fingerprint density at radius 2 is 2.10 bits per heavy atom. The summed E-state index contributed by atoms with van der Waals surface area (Å²) in [5, 5.41) is 3.35. The second kappa shape index (κ2) is 10.1. The van der Waals surface area contributed by atoms with Crippen molar-refractivity contribution in [2.24, 2.45) is 4.99 Å². The largest absolute Gasteiger partial charge is 0.357 e. The SMILES string of the molecule is C=CCCCN(C)C(=NCCc1ccccc1)NCC. The molecule has 0 aliphatic carbocycles. The zero-order valence-electron chi connectivity index (χ0n) is 12.8. The van der Waals surface area contributed by atoms with E-state index in [0.717, 1.165) is 44.9 Å². The van der Waals surface area contributed by atoms with Crippen molar-refractivity contribution in [2.75, 3.05) is 26.7 Å². The molecule has 0 fully saturated rings. The number of unbranched alkanes of at least 4 members (excludes halogenated alkanes) is 1. The van der Waals surface area contributed by atoms with E-state index in [4.69, 9.17) is 4.99 Å². The smallest absolute Gasteiger partial charge is 0.193 e. The van der Waals surface area contributed by atoms with Gasteiger partial charge in [-0.15, -0.1) is 6.58 Å². The van der Waals surface area contributed by atoms with Gasteiger partial charge in [0.15, 0.2) is 5.96 Å². The first-order valence-electron chi connectivity index (χ1n) is 7.42. The average Bonchev–Trinajstić information content (AvgIpc) is 2.47. The van der Waals surface area contributed by atoms with E-state index in [1.165, 1.54) is 5.56 Å². The molecule has 1 rings (SSSR count). The van der Waals surface area contributed by atoms with E-state index in [1.807, 2.05) is 12.1 Å². The van der Waals surface area contributed by atoms with Gasteiger partial charge in [0.1, 0.15) is 0 Å². The number of guanidine groups is 1. The fraction of sp³-hybridized carbons (Fsp3) is 0.471. The summed E-state index contributed by atoms with van der Waals surface area (Å²) >= 11 is 0. The molecule has 0 saturated heterocycles. The number of hydrogen-bond acceptors (Lipinski definition) is 1. The summed E-state index contributed by atoms with van der Waals surface area (Å²) in [7, 11) is 2.09. The number of rotatable bonds is 8. The van der Waals surface area contributed by atoms with Crippen molar-refractivity contribution < 1.29 is 0 Å². The molecule has 1 N–H and O–H groups in total. The average molecular weight is 273 g/mol. The molecule has 3 nitrogen and oxygen atoms in total. The van der Waals surface area contributed by atoms with Crippen LogP contribution in [0.25, 0.3) is 0 Å². The minimum absolute atomic E-state index is 0.818. The first kappa shape index (κ1) is 16.3. The van der Waals surface area contributed by atoms with Crippen LogP contribution in [0, 0.1) is 0 Å². The Kier molecular flexibility index (Phi) is 8.20.